The summed E-state index contributed by atoms with van der Waals surface area (Å²) in [6, 6.07) is -0.456. The molecule has 41 heavy (non-hydrogen) atoms. The van der Waals surface area contributed by atoms with Crippen molar-refractivity contribution in [1.82, 2.24) is 10.6 Å². The molecule has 0 rings (SSSR count). The highest BCUT2D eigenvalue weighted by atomic mass is 19.4. The van der Waals surface area contributed by atoms with E-state index in [2.05, 4.69) is 17.6 Å². The number of carboxylic acids is 2. The molecule has 0 aliphatic rings. The van der Waals surface area contributed by atoms with Gasteiger partial charge in [-0.05, 0) is 31.7 Å². The highest BCUT2D eigenvalue weighted by molar-refractivity contribution is 5.87. The molecule has 244 valence electrons. The summed E-state index contributed by atoms with van der Waals surface area (Å²) in [5.74, 6) is -3.56. The molecule has 2 amide bonds. The maximum absolute atomic E-state index is 12.3. The van der Waals surface area contributed by atoms with Crippen LogP contribution in [0.25, 0.3) is 0 Å². The Morgan fingerprint density at radius 1 is 0.732 bits per heavy atom. The highest BCUT2D eigenvalue weighted by Gasteiger charge is 2.38. The predicted octanol–water partition coefficient (Wildman–Crippen LogP) is 6.19. The summed E-state index contributed by atoms with van der Waals surface area (Å²) in [5.41, 5.74) is 5.43. The summed E-state index contributed by atoms with van der Waals surface area (Å²) >= 11 is 0. The Kier molecular flexibility index (Phi) is 30.6. The van der Waals surface area contributed by atoms with Gasteiger partial charge < -0.3 is 26.6 Å². The van der Waals surface area contributed by atoms with Crippen LogP contribution in [0, 0.1) is 5.92 Å². The predicted molar refractivity (Wildman–Crippen MR) is 155 cm³/mol. The second-order valence-corrected chi connectivity index (χ2v) is 10.3. The number of unbranched alkanes of at least 4 members (excludes halogenated alkanes) is 11. The van der Waals surface area contributed by atoms with E-state index < -0.39 is 24.2 Å². The van der Waals surface area contributed by atoms with E-state index in [1.165, 1.54) is 64.2 Å². The third-order valence-corrected chi connectivity index (χ3v) is 5.91. The summed E-state index contributed by atoms with van der Waals surface area (Å²) < 4.78 is 31.7. The Morgan fingerprint density at radius 2 is 1.17 bits per heavy atom. The molecule has 0 fully saturated rings. The molecule has 0 radical (unpaired) electrons. The van der Waals surface area contributed by atoms with Crippen molar-refractivity contribution in [2.75, 3.05) is 13.1 Å². The molecule has 0 aliphatic carbocycles. The molecular weight excluding hydrogens is 543 g/mol. The molecule has 0 saturated carbocycles. The second-order valence-electron chi connectivity index (χ2n) is 10.3. The van der Waals surface area contributed by atoms with Crippen LogP contribution in [0.4, 0.5) is 13.2 Å². The van der Waals surface area contributed by atoms with Gasteiger partial charge >= 0.3 is 18.1 Å². The largest absolute Gasteiger partial charge is 0.490 e. The number of hydrogen-bond acceptors (Lipinski definition) is 5. The van der Waals surface area contributed by atoms with Gasteiger partial charge in [-0.2, -0.15) is 13.2 Å². The quantitative estimate of drug-likeness (QED) is 0.0984. The number of nitrogens with two attached hydrogens (primary N) is 1. The van der Waals surface area contributed by atoms with E-state index in [1.54, 1.807) is 0 Å². The fourth-order valence-corrected chi connectivity index (χ4v) is 3.54. The van der Waals surface area contributed by atoms with Crippen LogP contribution in [0.5, 0.6) is 0 Å². The molecule has 0 heterocycles. The van der Waals surface area contributed by atoms with E-state index in [9.17, 15) is 27.6 Å². The van der Waals surface area contributed by atoms with Crippen LogP contribution in [0.3, 0.4) is 0 Å². The van der Waals surface area contributed by atoms with Gasteiger partial charge in [0.05, 0.1) is 0 Å². The molecule has 0 aromatic heterocycles. The van der Waals surface area contributed by atoms with Gasteiger partial charge in [0.15, 0.2) is 0 Å². The number of carbonyl (C=O) groups excluding carboxylic acids is 2. The van der Waals surface area contributed by atoms with Crippen LogP contribution < -0.4 is 16.4 Å². The Hall–Kier alpha value is -2.37. The van der Waals surface area contributed by atoms with Gasteiger partial charge in [-0.3, -0.25) is 14.4 Å². The zero-order valence-corrected chi connectivity index (χ0v) is 25.6. The fraction of sp³-hybridized carbons (Fsp3) is 0.862. The van der Waals surface area contributed by atoms with Crippen molar-refractivity contribution >= 4 is 23.8 Å². The van der Waals surface area contributed by atoms with Crippen molar-refractivity contribution in [3.05, 3.63) is 0 Å². The van der Waals surface area contributed by atoms with Crippen LogP contribution >= 0.6 is 0 Å². The van der Waals surface area contributed by atoms with Gasteiger partial charge in [-0.25, -0.2) is 4.79 Å². The SMILES string of the molecule is CCCC(=O)O.CCCCCCCCCCCCCCNC(=O)C(NC(=O)CCCN)C(C)C.O=C(O)C(F)(F)F. The third-order valence-electron chi connectivity index (χ3n) is 5.91. The van der Waals surface area contributed by atoms with Crippen molar-refractivity contribution < 1.29 is 42.6 Å². The maximum atomic E-state index is 12.3. The number of carboxylic acid groups (broad SMARTS) is 2. The van der Waals surface area contributed by atoms with Gasteiger partial charge in [-0.15, -0.1) is 0 Å². The van der Waals surface area contributed by atoms with Gasteiger partial charge in [0.25, 0.3) is 0 Å². The molecule has 0 saturated heterocycles. The van der Waals surface area contributed by atoms with Crippen molar-refractivity contribution in [1.29, 1.82) is 0 Å². The number of rotatable bonds is 21. The molecular formula is C29H56F3N3O6. The number of nitrogens with one attached hydrogen (secondary N) is 2. The van der Waals surface area contributed by atoms with Gasteiger partial charge in [0.1, 0.15) is 6.04 Å². The number of amides is 2. The number of hydrogen-bond donors (Lipinski definition) is 5. The molecule has 9 nitrogen and oxygen atoms in total. The maximum Gasteiger partial charge on any atom is 0.490 e. The summed E-state index contributed by atoms with van der Waals surface area (Å²) in [6.07, 6.45) is 12.7. The van der Waals surface area contributed by atoms with Crippen LogP contribution in [0.2, 0.25) is 0 Å². The Bertz CT molecular complexity index is 677. The zero-order chi connectivity index (χ0) is 32.1. The number of halogens is 3. The Morgan fingerprint density at radius 3 is 1.49 bits per heavy atom. The van der Waals surface area contributed by atoms with Crippen molar-refractivity contribution in [2.45, 2.75) is 143 Å². The number of alkyl halides is 3. The summed E-state index contributed by atoms with van der Waals surface area (Å²) in [5, 5.41) is 20.9. The number of aliphatic carboxylic acids is 2. The first-order chi connectivity index (χ1) is 19.2. The molecule has 1 atom stereocenters. The highest BCUT2D eigenvalue weighted by Crippen LogP contribution is 2.13. The molecule has 1 unspecified atom stereocenters. The van der Waals surface area contributed by atoms with Gasteiger partial charge in [-0.1, -0.05) is 98.3 Å². The van der Waals surface area contributed by atoms with Crippen LogP contribution in [0.1, 0.15) is 130 Å². The van der Waals surface area contributed by atoms with Crippen molar-refractivity contribution in [3.63, 3.8) is 0 Å². The standard InChI is InChI=1S/C23H47N3O2.C4H8O2.C2HF3O2/c1-4-5-6-7-8-9-10-11-12-13-14-15-19-25-23(28)22(20(2)3)26-21(27)17-16-18-24;1-2-3-4(5)6;3-2(4,5)1(6)7/h20,22H,4-19,24H2,1-3H3,(H,25,28)(H,26,27);2-3H2,1H3,(H,5,6);(H,6,7). The monoisotopic (exact) mass is 599 g/mol. The lowest BCUT2D eigenvalue weighted by Gasteiger charge is -2.21. The first kappa shape index (κ1) is 43.1. The fourth-order valence-electron chi connectivity index (χ4n) is 3.54. The van der Waals surface area contributed by atoms with E-state index in [0.29, 0.717) is 32.4 Å². The average Bonchev–Trinajstić information content (AvgIpc) is 2.88. The van der Waals surface area contributed by atoms with E-state index in [4.69, 9.17) is 20.7 Å². The minimum atomic E-state index is -5.08. The summed E-state index contributed by atoms with van der Waals surface area (Å²) in [6.45, 7) is 9.20. The molecule has 0 bridgehead atoms. The van der Waals surface area contributed by atoms with Crippen molar-refractivity contribution in [2.24, 2.45) is 11.7 Å². The summed E-state index contributed by atoms with van der Waals surface area (Å²) in [7, 11) is 0. The average molecular weight is 600 g/mol. The zero-order valence-electron chi connectivity index (χ0n) is 25.6. The van der Waals surface area contributed by atoms with E-state index in [0.717, 1.165) is 19.3 Å². The molecule has 0 aromatic rings. The number of carbonyl (C=O) groups is 4. The Labute approximate surface area is 244 Å². The Balaban J connectivity index is -0.000000911. The topological polar surface area (TPSA) is 159 Å². The minimum absolute atomic E-state index is 0.0702. The lowest BCUT2D eigenvalue weighted by molar-refractivity contribution is -0.192. The van der Waals surface area contributed by atoms with E-state index in [-0.39, 0.29) is 17.7 Å². The molecule has 0 aliphatic heterocycles. The minimum Gasteiger partial charge on any atom is -0.481 e. The molecule has 6 N–H and O–H groups in total. The first-order valence-corrected chi connectivity index (χ1v) is 15.0. The second kappa shape index (κ2) is 29.1. The van der Waals surface area contributed by atoms with Crippen LogP contribution in [-0.4, -0.2) is 59.3 Å². The van der Waals surface area contributed by atoms with Crippen molar-refractivity contribution in [3.8, 4) is 0 Å². The van der Waals surface area contributed by atoms with Crippen LogP contribution in [0.15, 0.2) is 0 Å². The molecule has 12 heteroatoms. The smallest absolute Gasteiger partial charge is 0.481 e. The summed E-state index contributed by atoms with van der Waals surface area (Å²) in [4.78, 5) is 42.7. The van der Waals surface area contributed by atoms with E-state index >= 15 is 0 Å². The van der Waals surface area contributed by atoms with E-state index in [1.807, 2.05) is 20.8 Å². The lowest BCUT2D eigenvalue weighted by atomic mass is 10.0. The molecule has 0 aromatic carbocycles. The lowest BCUT2D eigenvalue weighted by Crippen LogP contribution is -2.49. The first-order valence-electron chi connectivity index (χ1n) is 15.0. The van der Waals surface area contributed by atoms with Gasteiger partial charge in [0, 0.05) is 19.4 Å². The van der Waals surface area contributed by atoms with Gasteiger partial charge in [0.2, 0.25) is 11.8 Å². The molecule has 0 spiro atoms. The van der Waals surface area contributed by atoms with Crippen LogP contribution in [-0.2, 0) is 19.2 Å². The third kappa shape index (κ3) is 33.7. The normalized spacial score (nSPS) is 11.4.